The molecule has 0 aromatic carbocycles. The summed E-state index contributed by atoms with van der Waals surface area (Å²) in [7, 11) is 3.79. The Morgan fingerprint density at radius 3 is 2.77 bits per heavy atom. The summed E-state index contributed by atoms with van der Waals surface area (Å²) in [5.74, 6) is 0.871. The Labute approximate surface area is 77.5 Å². The van der Waals surface area contributed by atoms with Gasteiger partial charge in [0.15, 0.2) is 5.82 Å². The van der Waals surface area contributed by atoms with Gasteiger partial charge in [-0.3, -0.25) is 0 Å². The van der Waals surface area contributed by atoms with E-state index in [-0.39, 0.29) is 0 Å². The zero-order valence-corrected chi connectivity index (χ0v) is 8.12. The molecule has 1 fully saturated rings. The summed E-state index contributed by atoms with van der Waals surface area (Å²) in [6.45, 7) is 1.06. The van der Waals surface area contributed by atoms with Gasteiger partial charge in [0.2, 0.25) is 0 Å². The highest BCUT2D eigenvalue weighted by Crippen LogP contribution is 2.47. The minimum Gasteiger partial charge on any atom is -0.319 e. The number of hydrogen-bond donors (Lipinski definition) is 1. The Morgan fingerprint density at radius 1 is 1.54 bits per heavy atom. The van der Waals surface area contributed by atoms with Crippen LogP contribution < -0.4 is 5.32 Å². The summed E-state index contributed by atoms with van der Waals surface area (Å²) in [5.41, 5.74) is 0.428. The number of aryl methyl sites for hydroxylation is 1. The third-order valence-electron chi connectivity index (χ3n) is 2.59. The van der Waals surface area contributed by atoms with Crippen LogP contribution in [0.1, 0.15) is 18.7 Å². The lowest BCUT2D eigenvalue weighted by Gasteiger charge is -2.10. The molecule has 1 saturated carbocycles. The first-order valence-electron chi connectivity index (χ1n) is 4.62. The molecule has 1 N–H and O–H groups in total. The van der Waals surface area contributed by atoms with E-state index in [9.17, 15) is 0 Å². The van der Waals surface area contributed by atoms with Crippen molar-refractivity contribution < 1.29 is 0 Å². The van der Waals surface area contributed by atoms with Crippen LogP contribution in [0.15, 0.2) is 0 Å². The zero-order valence-electron chi connectivity index (χ0n) is 8.12. The third kappa shape index (κ3) is 1.85. The Hall–Kier alpha value is -0.970. The molecule has 0 radical (unpaired) electrons. The van der Waals surface area contributed by atoms with Gasteiger partial charge >= 0.3 is 0 Å². The molecular weight excluding hydrogens is 166 g/mol. The Balaban J connectivity index is 1.98. The monoisotopic (exact) mass is 181 g/mol. The largest absolute Gasteiger partial charge is 0.319 e. The molecule has 0 spiro atoms. The van der Waals surface area contributed by atoms with E-state index in [4.69, 9.17) is 0 Å². The minimum absolute atomic E-state index is 0.428. The second kappa shape index (κ2) is 3.06. The molecule has 1 aliphatic rings. The van der Waals surface area contributed by atoms with Gasteiger partial charge in [-0.2, -0.15) is 4.80 Å². The van der Waals surface area contributed by atoms with Crippen molar-refractivity contribution >= 4 is 0 Å². The Bertz CT molecular complexity index is 288. The molecule has 0 atom stereocenters. The van der Waals surface area contributed by atoms with Crippen molar-refractivity contribution in [1.29, 1.82) is 0 Å². The highest BCUT2D eigenvalue weighted by molar-refractivity contribution is 5.01. The average molecular weight is 181 g/mol. The van der Waals surface area contributed by atoms with Crippen LogP contribution in [0.2, 0.25) is 0 Å². The first-order valence-corrected chi connectivity index (χ1v) is 4.62. The lowest BCUT2D eigenvalue weighted by Crippen LogP contribution is -2.22. The van der Waals surface area contributed by atoms with E-state index in [1.54, 1.807) is 7.05 Å². The summed E-state index contributed by atoms with van der Waals surface area (Å²) in [5, 5.41) is 15.2. The quantitative estimate of drug-likeness (QED) is 0.696. The zero-order chi connectivity index (χ0) is 9.31. The Kier molecular flexibility index (Phi) is 2.03. The normalized spacial score (nSPS) is 18.9. The lowest BCUT2D eigenvalue weighted by atomic mass is 10.0. The van der Waals surface area contributed by atoms with E-state index in [2.05, 4.69) is 20.7 Å². The maximum Gasteiger partial charge on any atom is 0.175 e. The minimum atomic E-state index is 0.428. The van der Waals surface area contributed by atoms with Crippen LogP contribution in [0, 0.1) is 5.41 Å². The predicted molar refractivity (Wildman–Crippen MR) is 48.1 cm³/mol. The summed E-state index contributed by atoms with van der Waals surface area (Å²) >= 11 is 0. The van der Waals surface area contributed by atoms with E-state index in [0.29, 0.717) is 5.41 Å². The number of rotatable bonds is 4. The van der Waals surface area contributed by atoms with Crippen LogP contribution in [-0.2, 0) is 13.5 Å². The van der Waals surface area contributed by atoms with Crippen molar-refractivity contribution in [3.8, 4) is 0 Å². The highest BCUT2D eigenvalue weighted by atomic mass is 15.6. The fraction of sp³-hybridized carbons (Fsp3) is 0.875. The Morgan fingerprint density at radius 2 is 2.31 bits per heavy atom. The number of aromatic nitrogens is 4. The standard InChI is InChI=1S/C8H15N5/c1-9-6-8(3-4-8)5-7-10-12-13(2)11-7/h9H,3-6H2,1-2H3. The molecule has 1 aliphatic carbocycles. The molecule has 0 bridgehead atoms. The van der Waals surface area contributed by atoms with Gasteiger partial charge in [0.05, 0.1) is 7.05 Å². The molecule has 5 heteroatoms. The molecule has 5 nitrogen and oxygen atoms in total. The number of nitrogens with zero attached hydrogens (tertiary/aromatic N) is 4. The highest BCUT2D eigenvalue weighted by Gasteiger charge is 2.42. The molecule has 1 aromatic rings. The second-order valence-electron chi connectivity index (χ2n) is 3.90. The topological polar surface area (TPSA) is 55.6 Å². The molecule has 0 unspecified atom stereocenters. The molecule has 1 aromatic heterocycles. The van der Waals surface area contributed by atoms with Gasteiger partial charge in [0.1, 0.15) is 0 Å². The fourth-order valence-electron chi connectivity index (χ4n) is 1.70. The predicted octanol–water partition coefficient (Wildman–Crippen LogP) is -0.248. The number of nitrogens with one attached hydrogen (secondary N) is 1. The van der Waals surface area contributed by atoms with Gasteiger partial charge in [0, 0.05) is 13.0 Å². The van der Waals surface area contributed by atoms with Gasteiger partial charge < -0.3 is 5.32 Å². The van der Waals surface area contributed by atoms with Crippen LogP contribution in [0.5, 0.6) is 0 Å². The van der Waals surface area contributed by atoms with E-state index in [1.807, 2.05) is 7.05 Å². The summed E-state index contributed by atoms with van der Waals surface area (Å²) in [4.78, 5) is 1.52. The van der Waals surface area contributed by atoms with E-state index < -0.39 is 0 Å². The van der Waals surface area contributed by atoms with Gasteiger partial charge in [0.25, 0.3) is 0 Å². The van der Waals surface area contributed by atoms with Crippen LogP contribution in [0.4, 0.5) is 0 Å². The average Bonchev–Trinajstić information content (AvgIpc) is 2.70. The summed E-state index contributed by atoms with van der Waals surface area (Å²) < 4.78 is 0. The van der Waals surface area contributed by atoms with Crippen LogP contribution in [-0.4, -0.2) is 33.8 Å². The molecule has 1 heterocycles. The van der Waals surface area contributed by atoms with E-state index in [0.717, 1.165) is 18.8 Å². The van der Waals surface area contributed by atoms with E-state index >= 15 is 0 Å². The maximum absolute atomic E-state index is 4.18. The number of hydrogen-bond acceptors (Lipinski definition) is 4. The van der Waals surface area contributed by atoms with Gasteiger partial charge in [-0.05, 0) is 30.5 Å². The van der Waals surface area contributed by atoms with Crippen LogP contribution in [0.3, 0.4) is 0 Å². The van der Waals surface area contributed by atoms with Crippen molar-refractivity contribution in [3.05, 3.63) is 5.82 Å². The molecule has 2 rings (SSSR count). The SMILES string of the molecule is CNCC1(Cc2nnn(C)n2)CC1. The first kappa shape index (κ1) is 8.62. The third-order valence-corrected chi connectivity index (χ3v) is 2.59. The van der Waals surface area contributed by atoms with Crippen LogP contribution >= 0.6 is 0 Å². The lowest BCUT2D eigenvalue weighted by molar-refractivity contribution is 0.465. The van der Waals surface area contributed by atoms with Crippen molar-refractivity contribution in [2.45, 2.75) is 19.3 Å². The van der Waals surface area contributed by atoms with E-state index in [1.165, 1.54) is 17.6 Å². The molecule has 0 amide bonds. The first-order chi connectivity index (χ1) is 6.24. The van der Waals surface area contributed by atoms with Crippen molar-refractivity contribution in [2.24, 2.45) is 12.5 Å². The van der Waals surface area contributed by atoms with Gasteiger partial charge in [-0.1, -0.05) is 0 Å². The molecule has 0 aliphatic heterocycles. The van der Waals surface area contributed by atoms with Crippen molar-refractivity contribution in [3.63, 3.8) is 0 Å². The number of tetrazole rings is 1. The summed E-state index contributed by atoms with van der Waals surface area (Å²) in [6.07, 6.45) is 3.53. The second-order valence-corrected chi connectivity index (χ2v) is 3.90. The summed E-state index contributed by atoms with van der Waals surface area (Å²) in [6, 6.07) is 0. The van der Waals surface area contributed by atoms with Crippen LogP contribution in [0.25, 0.3) is 0 Å². The van der Waals surface area contributed by atoms with Crippen molar-refractivity contribution in [1.82, 2.24) is 25.5 Å². The molecule has 13 heavy (non-hydrogen) atoms. The van der Waals surface area contributed by atoms with Gasteiger partial charge in [-0.25, -0.2) is 0 Å². The molecule has 0 saturated heterocycles. The molecule has 72 valence electrons. The maximum atomic E-state index is 4.18. The smallest absolute Gasteiger partial charge is 0.175 e. The van der Waals surface area contributed by atoms with Crippen molar-refractivity contribution in [2.75, 3.05) is 13.6 Å². The van der Waals surface area contributed by atoms with Gasteiger partial charge in [-0.15, -0.1) is 10.2 Å². The molecular formula is C8H15N5. The fourth-order valence-corrected chi connectivity index (χ4v) is 1.70.